The lowest BCUT2D eigenvalue weighted by Gasteiger charge is -2.29. The van der Waals surface area contributed by atoms with Gasteiger partial charge in [-0.2, -0.15) is 0 Å². The van der Waals surface area contributed by atoms with Crippen molar-refractivity contribution in [2.24, 2.45) is 0 Å². The van der Waals surface area contributed by atoms with Crippen LogP contribution in [0.3, 0.4) is 0 Å². The number of anilines is 3. The Kier molecular flexibility index (Phi) is 8.19. The van der Waals surface area contributed by atoms with Gasteiger partial charge in [0.25, 0.3) is 0 Å². The number of fused-ring (bicyclic) bond motifs is 6. The van der Waals surface area contributed by atoms with E-state index in [9.17, 15) is 0 Å². The van der Waals surface area contributed by atoms with Crippen LogP contribution in [0.5, 0.6) is 0 Å². The van der Waals surface area contributed by atoms with Gasteiger partial charge in [-0.1, -0.05) is 170 Å². The number of hydrogen-bond acceptors (Lipinski definition) is 2. The minimum atomic E-state index is 0.886. The van der Waals surface area contributed by atoms with E-state index < -0.39 is 0 Å². The van der Waals surface area contributed by atoms with E-state index in [-0.39, 0.29) is 0 Å². The van der Waals surface area contributed by atoms with Crippen molar-refractivity contribution in [1.82, 2.24) is 0 Å². The summed E-state index contributed by atoms with van der Waals surface area (Å²) in [7, 11) is 0. The molecule has 10 aromatic carbocycles. The van der Waals surface area contributed by atoms with Gasteiger partial charge in [0.05, 0.1) is 5.69 Å². The highest BCUT2D eigenvalue weighted by atomic mass is 16.3. The molecule has 11 rings (SSSR count). The molecular weight excluding hydrogens is 703 g/mol. The Morgan fingerprint density at radius 1 is 0.293 bits per heavy atom. The predicted molar refractivity (Wildman–Crippen MR) is 245 cm³/mol. The predicted octanol–water partition coefficient (Wildman–Crippen LogP) is 16.0. The Morgan fingerprint density at radius 3 is 1.78 bits per heavy atom. The first-order valence-electron chi connectivity index (χ1n) is 19.8. The molecule has 0 aliphatic carbocycles. The van der Waals surface area contributed by atoms with Crippen molar-refractivity contribution < 1.29 is 4.42 Å². The minimum absolute atomic E-state index is 0.886. The molecule has 1 aromatic heterocycles. The van der Waals surface area contributed by atoms with Gasteiger partial charge in [-0.3, -0.25) is 0 Å². The van der Waals surface area contributed by atoms with E-state index in [0.717, 1.165) is 61.1 Å². The second-order valence-electron chi connectivity index (χ2n) is 14.9. The van der Waals surface area contributed by atoms with E-state index in [1.165, 1.54) is 44.0 Å². The van der Waals surface area contributed by atoms with Gasteiger partial charge in [0.2, 0.25) is 0 Å². The van der Waals surface area contributed by atoms with Gasteiger partial charge in [-0.15, -0.1) is 0 Å². The third-order valence-electron chi connectivity index (χ3n) is 11.4. The third-order valence-corrected chi connectivity index (χ3v) is 11.4. The summed E-state index contributed by atoms with van der Waals surface area (Å²) in [5, 5.41) is 7.00. The van der Waals surface area contributed by atoms with Gasteiger partial charge in [0.1, 0.15) is 11.2 Å². The molecule has 58 heavy (non-hydrogen) atoms. The Labute approximate surface area is 337 Å². The van der Waals surface area contributed by atoms with E-state index >= 15 is 0 Å². The quantitative estimate of drug-likeness (QED) is 0.162. The molecule has 0 fully saturated rings. The van der Waals surface area contributed by atoms with Crippen molar-refractivity contribution in [2.45, 2.75) is 0 Å². The van der Waals surface area contributed by atoms with E-state index in [1.807, 2.05) is 0 Å². The smallest absolute Gasteiger partial charge is 0.143 e. The summed E-state index contributed by atoms with van der Waals surface area (Å²) in [5.74, 6) is 0. The molecule has 0 spiro atoms. The molecule has 0 amide bonds. The molecule has 0 bridgehead atoms. The van der Waals surface area contributed by atoms with Crippen LogP contribution < -0.4 is 4.90 Å². The van der Waals surface area contributed by atoms with E-state index in [2.05, 4.69) is 229 Å². The zero-order valence-corrected chi connectivity index (χ0v) is 31.7. The SMILES string of the molecule is c1ccc(-c2ccc(N(c3cccc(-c4ccc5ccccc5c4)c3)c3ccccc3-c3ccc4oc5c6ccccc6ccc5c4c3)cc2-c2ccccc2)cc1. The lowest BCUT2D eigenvalue weighted by atomic mass is 9.93. The molecule has 2 heteroatoms. The fourth-order valence-corrected chi connectivity index (χ4v) is 8.60. The van der Waals surface area contributed by atoms with Crippen LogP contribution in [-0.4, -0.2) is 0 Å². The van der Waals surface area contributed by atoms with Crippen LogP contribution in [0.25, 0.3) is 88.0 Å². The van der Waals surface area contributed by atoms with Crippen LogP contribution in [0, 0.1) is 0 Å². The van der Waals surface area contributed by atoms with Gasteiger partial charge >= 0.3 is 0 Å². The summed E-state index contributed by atoms with van der Waals surface area (Å²) in [6, 6.07) is 80.8. The Morgan fingerprint density at radius 2 is 0.931 bits per heavy atom. The van der Waals surface area contributed by atoms with Crippen LogP contribution in [0.15, 0.2) is 229 Å². The maximum absolute atomic E-state index is 6.55. The average Bonchev–Trinajstić information content (AvgIpc) is 3.68. The summed E-state index contributed by atoms with van der Waals surface area (Å²) in [5.41, 5.74) is 14.4. The number of para-hydroxylation sites is 1. The van der Waals surface area contributed by atoms with Gasteiger partial charge in [-0.25, -0.2) is 0 Å². The van der Waals surface area contributed by atoms with Crippen molar-refractivity contribution in [3.8, 4) is 44.5 Å². The molecule has 0 N–H and O–H groups in total. The zero-order valence-electron chi connectivity index (χ0n) is 31.7. The fraction of sp³-hybridized carbons (Fsp3) is 0. The second kappa shape index (κ2) is 14.1. The van der Waals surface area contributed by atoms with Crippen LogP contribution >= 0.6 is 0 Å². The van der Waals surface area contributed by atoms with E-state index in [0.29, 0.717) is 0 Å². The van der Waals surface area contributed by atoms with Crippen LogP contribution in [0.4, 0.5) is 17.1 Å². The normalized spacial score (nSPS) is 11.4. The monoisotopic (exact) mass is 739 g/mol. The molecule has 0 saturated carbocycles. The number of nitrogens with zero attached hydrogens (tertiary/aromatic N) is 1. The summed E-state index contributed by atoms with van der Waals surface area (Å²) >= 11 is 0. The third kappa shape index (κ3) is 5.91. The summed E-state index contributed by atoms with van der Waals surface area (Å²) in [6.45, 7) is 0. The first-order chi connectivity index (χ1) is 28.7. The molecule has 272 valence electrons. The largest absolute Gasteiger partial charge is 0.455 e. The highest BCUT2D eigenvalue weighted by molar-refractivity contribution is 6.15. The highest BCUT2D eigenvalue weighted by Crippen LogP contribution is 2.46. The lowest BCUT2D eigenvalue weighted by Crippen LogP contribution is -2.11. The topological polar surface area (TPSA) is 16.4 Å². The van der Waals surface area contributed by atoms with E-state index in [1.54, 1.807) is 0 Å². The number of benzene rings is 10. The number of furan rings is 1. The maximum atomic E-state index is 6.55. The molecule has 2 nitrogen and oxygen atoms in total. The summed E-state index contributed by atoms with van der Waals surface area (Å²) in [4.78, 5) is 2.42. The van der Waals surface area contributed by atoms with E-state index in [4.69, 9.17) is 4.42 Å². The Hall–Kier alpha value is -7.68. The average molecular weight is 740 g/mol. The molecular formula is C56H37NO. The molecule has 11 aromatic rings. The fourth-order valence-electron chi connectivity index (χ4n) is 8.60. The number of rotatable bonds is 7. The van der Waals surface area contributed by atoms with Gasteiger partial charge < -0.3 is 9.32 Å². The Bertz CT molecular complexity index is 3290. The van der Waals surface area contributed by atoms with Crippen molar-refractivity contribution in [3.63, 3.8) is 0 Å². The number of hydrogen-bond donors (Lipinski definition) is 0. The second-order valence-corrected chi connectivity index (χ2v) is 14.9. The van der Waals surface area contributed by atoms with Gasteiger partial charge in [-0.05, 0) is 110 Å². The van der Waals surface area contributed by atoms with Gasteiger partial charge in [0.15, 0.2) is 0 Å². The summed E-state index contributed by atoms with van der Waals surface area (Å²) in [6.07, 6.45) is 0. The lowest BCUT2D eigenvalue weighted by molar-refractivity contribution is 0.672. The van der Waals surface area contributed by atoms with Crippen LogP contribution in [0.2, 0.25) is 0 Å². The maximum Gasteiger partial charge on any atom is 0.143 e. The first kappa shape index (κ1) is 33.6. The molecule has 0 unspecified atom stereocenters. The van der Waals surface area contributed by atoms with Gasteiger partial charge in [0, 0.05) is 33.1 Å². The summed E-state index contributed by atoms with van der Waals surface area (Å²) < 4.78 is 6.55. The molecule has 0 radical (unpaired) electrons. The van der Waals surface area contributed by atoms with Crippen molar-refractivity contribution in [3.05, 3.63) is 224 Å². The molecule has 0 aliphatic heterocycles. The minimum Gasteiger partial charge on any atom is -0.455 e. The first-order valence-corrected chi connectivity index (χ1v) is 19.8. The van der Waals surface area contributed by atoms with Crippen molar-refractivity contribution in [2.75, 3.05) is 4.90 Å². The zero-order chi connectivity index (χ0) is 38.4. The molecule has 0 atom stereocenters. The molecule has 0 aliphatic rings. The molecule has 0 saturated heterocycles. The van der Waals surface area contributed by atoms with Crippen molar-refractivity contribution >= 4 is 60.5 Å². The Balaban J connectivity index is 1.13. The van der Waals surface area contributed by atoms with Crippen LogP contribution in [-0.2, 0) is 0 Å². The standard InChI is InChI=1S/C56H37NO/c1-3-15-39(16-4-1)48-32-30-47(37-52(48)40-17-5-2-6-18-40)57(46-22-13-21-43(35-46)44-27-26-38-14-7-8-20-42(38)34-44)54-25-12-11-23-49(54)45-29-33-55-53(36-45)51-31-28-41-19-9-10-24-50(41)56(51)58-55/h1-37H. The van der Waals surface area contributed by atoms with Crippen LogP contribution in [0.1, 0.15) is 0 Å². The molecule has 1 heterocycles. The van der Waals surface area contributed by atoms with Crippen molar-refractivity contribution in [1.29, 1.82) is 0 Å². The highest BCUT2D eigenvalue weighted by Gasteiger charge is 2.21.